The van der Waals surface area contributed by atoms with E-state index in [1.54, 1.807) is 0 Å². The lowest BCUT2D eigenvalue weighted by Gasteiger charge is -2.16. The van der Waals surface area contributed by atoms with E-state index in [2.05, 4.69) is 27.9 Å². The molecule has 18 heavy (non-hydrogen) atoms. The average molecular weight is 381 g/mol. The van der Waals surface area contributed by atoms with Gasteiger partial charge in [-0.25, -0.2) is 0 Å². The molecule has 1 aromatic rings. The maximum absolute atomic E-state index is 12.2. The molecule has 1 heterocycles. The monoisotopic (exact) mass is 380 g/mol. The first-order chi connectivity index (χ1) is 8.20. The number of hydrogen-bond donors (Lipinski definition) is 1. The Morgan fingerprint density at radius 3 is 2.72 bits per heavy atom. The van der Waals surface area contributed by atoms with Crippen LogP contribution in [-0.4, -0.2) is 37.5 Å². The summed E-state index contributed by atoms with van der Waals surface area (Å²) in [5, 5.41) is 3.18. The van der Waals surface area contributed by atoms with Crippen molar-refractivity contribution in [1.29, 1.82) is 0 Å². The number of carbonyl (C=O) groups is 1. The molecule has 0 spiro atoms. The van der Waals surface area contributed by atoms with E-state index in [-0.39, 0.29) is 18.3 Å². The number of carbonyl (C=O) groups excluding carboxylic acids is 1. The van der Waals surface area contributed by atoms with Crippen LogP contribution in [0.1, 0.15) is 16.8 Å². The molecule has 1 atom stereocenters. The van der Waals surface area contributed by atoms with Crippen molar-refractivity contribution in [1.82, 2.24) is 10.2 Å². The third-order valence-corrected chi connectivity index (χ3v) is 3.88. The van der Waals surface area contributed by atoms with Gasteiger partial charge in [0.1, 0.15) is 0 Å². The summed E-state index contributed by atoms with van der Waals surface area (Å²) in [6.45, 7) is 2.76. The Balaban J connectivity index is 0.00000162. The van der Waals surface area contributed by atoms with Crippen molar-refractivity contribution in [2.45, 2.75) is 6.42 Å². The molecule has 3 nitrogen and oxygen atoms in total. The highest BCUT2D eigenvalue weighted by molar-refractivity contribution is 14.1. The number of likely N-dealkylation sites (tertiary alicyclic amines) is 1. The van der Waals surface area contributed by atoms with Crippen molar-refractivity contribution >= 4 is 40.9 Å². The SMILES string of the molecule is CNCC1CCN(C(=O)c2ccc(I)cc2)C1.Cl. The van der Waals surface area contributed by atoms with Gasteiger partial charge in [-0.1, -0.05) is 0 Å². The number of halogens is 2. The molecular weight excluding hydrogens is 363 g/mol. The van der Waals surface area contributed by atoms with Crippen LogP contribution in [0.15, 0.2) is 24.3 Å². The van der Waals surface area contributed by atoms with Gasteiger partial charge in [0.05, 0.1) is 0 Å². The number of nitrogens with one attached hydrogen (secondary N) is 1. The Morgan fingerprint density at radius 2 is 2.11 bits per heavy atom. The molecule has 1 aromatic carbocycles. The Bertz CT molecular complexity index is 396. The molecule has 1 amide bonds. The van der Waals surface area contributed by atoms with Gasteiger partial charge in [0, 0.05) is 22.2 Å². The Kier molecular flexibility index (Phi) is 6.38. The standard InChI is InChI=1S/C13H17IN2O.ClH/c1-15-8-10-6-7-16(9-10)13(17)11-2-4-12(14)5-3-11;/h2-5,10,15H,6-9H2,1H3;1H. The predicted molar refractivity (Wildman–Crippen MR) is 84.3 cm³/mol. The fourth-order valence-electron chi connectivity index (χ4n) is 2.25. The second-order valence-electron chi connectivity index (χ2n) is 4.47. The van der Waals surface area contributed by atoms with Crippen LogP contribution in [0.3, 0.4) is 0 Å². The second kappa shape index (κ2) is 7.31. The average Bonchev–Trinajstić information content (AvgIpc) is 2.78. The Hall–Kier alpha value is -0.330. The van der Waals surface area contributed by atoms with E-state index in [0.29, 0.717) is 5.92 Å². The lowest BCUT2D eigenvalue weighted by molar-refractivity contribution is 0.0787. The number of rotatable bonds is 3. The molecule has 0 saturated carbocycles. The molecule has 0 aliphatic carbocycles. The fourth-order valence-corrected chi connectivity index (χ4v) is 2.61. The van der Waals surface area contributed by atoms with Crippen molar-refractivity contribution in [3.63, 3.8) is 0 Å². The van der Waals surface area contributed by atoms with E-state index in [1.807, 2.05) is 36.2 Å². The molecule has 100 valence electrons. The number of nitrogens with zero attached hydrogens (tertiary/aromatic N) is 1. The first-order valence-electron chi connectivity index (χ1n) is 5.90. The van der Waals surface area contributed by atoms with Crippen LogP contribution < -0.4 is 5.32 Å². The largest absolute Gasteiger partial charge is 0.338 e. The van der Waals surface area contributed by atoms with Crippen molar-refractivity contribution in [2.75, 3.05) is 26.7 Å². The van der Waals surface area contributed by atoms with Crippen LogP contribution in [0.2, 0.25) is 0 Å². The second-order valence-corrected chi connectivity index (χ2v) is 5.72. The quantitative estimate of drug-likeness (QED) is 0.817. The van der Waals surface area contributed by atoms with Crippen LogP contribution in [-0.2, 0) is 0 Å². The zero-order chi connectivity index (χ0) is 12.3. The third kappa shape index (κ3) is 3.83. The molecule has 5 heteroatoms. The van der Waals surface area contributed by atoms with Crippen LogP contribution in [0.4, 0.5) is 0 Å². The lowest BCUT2D eigenvalue weighted by Crippen LogP contribution is -2.30. The molecular formula is C13H18ClIN2O. The molecule has 1 aliphatic heterocycles. The molecule has 1 N–H and O–H groups in total. The van der Waals surface area contributed by atoms with Gasteiger partial charge in [-0.05, 0) is 72.8 Å². The van der Waals surface area contributed by atoms with Gasteiger partial charge in [-0.15, -0.1) is 12.4 Å². The molecule has 0 aromatic heterocycles. The first-order valence-corrected chi connectivity index (χ1v) is 6.98. The smallest absolute Gasteiger partial charge is 0.253 e. The van der Waals surface area contributed by atoms with E-state index in [1.165, 1.54) is 0 Å². The summed E-state index contributed by atoms with van der Waals surface area (Å²) in [5.41, 5.74) is 0.801. The lowest BCUT2D eigenvalue weighted by atomic mass is 10.1. The van der Waals surface area contributed by atoms with Crippen LogP contribution in [0, 0.1) is 9.49 Å². The van der Waals surface area contributed by atoms with Crippen LogP contribution in [0.5, 0.6) is 0 Å². The molecule has 2 rings (SSSR count). The van der Waals surface area contributed by atoms with Crippen LogP contribution >= 0.6 is 35.0 Å². The summed E-state index contributed by atoms with van der Waals surface area (Å²) >= 11 is 2.25. The minimum absolute atomic E-state index is 0. The predicted octanol–water partition coefficient (Wildman–Crippen LogP) is 2.39. The van der Waals surface area contributed by atoms with E-state index in [0.717, 1.165) is 35.2 Å². The number of amides is 1. The van der Waals surface area contributed by atoms with Gasteiger partial charge in [0.2, 0.25) is 0 Å². The van der Waals surface area contributed by atoms with Crippen molar-refractivity contribution < 1.29 is 4.79 Å². The molecule has 1 saturated heterocycles. The van der Waals surface area contributed by atoms with E-state index < -0.39 is 0 Å². The Morgan fingerprint density at radius 1 is 1.44 bits per heavy atom. The minimum Gasteiger partial charge on any atom is -0.338 e. The normalized spacial score (nSPS) is 18.6. The summed E-state index contributed by atoms with van der Waals surface area (Å²) in [6, 6.07) is 7.79. The topological polar surface area (TPSA) is 32.3 Å². The summed E-state index contributed by atoms with van der Waals surface area (Å²) in [5.74, 6) is 0.771. The number of hydrogen-bond acceptors (Lipinski definition) is 2. The van der Waals surface area contributed by atoms with Gasteiger partial charge in [0.15, 0.2) is 0 Å². The molecule has 0 bridgehead atoms. The highest BCUT2D eigenvalue weighted by Crippen LogP contribution is 2.18. The van der Waals surface area contributed by atoms with Crippen LogP contribution in [0.25, 0.3) is 0 Å². The van der Waals surface area contributed by atoms with Crippen molar-refractivity contribution in [2.24, 2.45) is 5.92 Å². The highest BCUT2D eigenvalue weighted by Gasteiger charge is 2.26. The van der Waals surface area contributed by atoms with E-state index >= 15 is 0 Å². The van der Waals surface area contributed by atoms with Gasteiger partial charge >= 0.3 is 0 Å². The number of benzene rings is 1. The summed E-state index contributed by atoms with van der Waals surface area (Å²) < 4.78 is 1.16. The summed E-state index contributed by atoms with van der Waals surface area (Å²) in [7, 11) is 1.96. The van der Waals surface area contributed by atoms with E-state index in [9.17, 15) is 4.79 Å². The minimum atomic E-state index is 0. The van der Waals surface area contributed by atoms with Crippen molar-refractivity contribution in [3.05, 3.63) is 33.4 Å². The molecule has 1 fully saturated rings. The third-order valence-electron chi connectivity index (χ3n) is 3.16. The fraction of sp³-hybridized carbons (Fsp3) is 0.462. The van der Waals surface area contributed by atoms with E-state index in [4.69, 9.17) is 0 Å². The molecule has 1 unspecified atom stereocenters. The van der Waals surface area contributed by atoms with Gasteiger partial charge in [0.25, 0.3) is 5.91 Å². The molecule has 0 radical (unpaired) electrons. The van der Waals surface area contributed by atoms with Gasteiger partial charge in [-0.2, -0.15) is 0 Å². The summed E-state index contributed by atoms with van der Waals surface area (Å²) in [4.78, 5) is 14.2. The Labute approximate surface area is 128 Å². The van der Waals surface area contributed by atoms with Gasteiger partial charge < -0.3 is 10.2 Å². The van der Waals surface area contributed by atoms with Gasteiger partial charge in [-0.3, -0.25) is 4.79 Å². The molecule has 1 aliphatic rings. The first kappa shape index (κ1) is 15.7. The van der Waals surface area contributed by atoms with Crippen molar-refractivity contribution in [3.8, 4) is 0 Å². The maximum atomic E-state index is 12.2. The zero-order valence-electron chi connectivity index (χ0n) is 10.4. The summed E-state index contributed by atoms with van der Waals surface area (Å²) in [6.07, 6.45) is 1.11. The maximum Gasteiger partial charge on any atom is 0.253 e. The zero-order valence-corrected chi connectivity index (χ0v) is 13.3. The highest BCUT2D eigenvalue weighted by atomic mass is 127.